The molecule has 1 heterocycles. The molecule has 1 fully saturated rings. The molecule has 0 spiro atoms. The predicted molar refractivity (Wildman–Crippen MR) is 64.4 cm³/mol. The van der Waals surface area contributed by atoms with Gasteiger partial charge in [-0.15, -0.1) is 18.2 Å². The molecule has 1 saturated heterocycles. The van der Waals surface area contributed by atoms with Gasteiger partial charge in [0.2, 0.25) is 0 Å². The molecule has 15 heavy (non-hydrogen) atoms. The number of allylic oxidation sites excluding steroid dienone is 4. The molecule has 0 N–H and O–H groups in total. The van der Waals surface area contributed by atoms with E-state index in [9.17, 15) is 4.79 Å². The summed E-state index contributed by atoms with van der Waals surface area (Å²) in [6, 6.07) is 0. The maximum absolute atomic E-state index is 12.0. The zero-order chi connectivity index (χ0) is 11.1. The molecule has 0 amide bonds. The van der Waals surface area contributed by atoms with Gasteiger partial charge in [0.1, 0.15) is 5.78 Å². The highest BCUT2D eigenvalue weighted by Gasteiger charge is 2.38. The standard InChI is InChI=1S/C13H14OS/c1-4-9-5-6-12-10(7-9)11(14)8-13(2,3)15-12/h1,5-6,10H,7-8H2,2-3H3. The largest absolute Gasteiger partial charge is 0.299 e. The van der Waals surface area contributed by atoms with Gasteiger partial charge in [0.15, 0.2) is 0 Å². The van der Waals surface area contributed by atoms with Gasteiger partial charge in [-0.25, -0.2) is 0 Å². The number of ketones is 1. The molecule has 78 valence electrons. The first-order valence-electron chi connectivity index (χ1n) is 5.11. The van der Waals surface area contributed by atoms with Gasteiger partial charge in [-0.1, -0.05) is 12.0 Å². The Hall–Kier alpha value is -0.940. The smallest absolute Gasteiger partial charge is 0.142 e. The van der Waals surface area contributed by atoms with Crippen molar-refractivity contribution in [3.8, 4) is 12.3 Å². The van der Waals surface area contributed by atoms with Crippen molar-refractivity contribution < 1.29 is 4.79 Å². The maximum atomic E-state index is 12.0. The lowest BCUT2D eigenvalue weighted by Gasteiger charge is -2.36. The highest BCUT2D eigenvalue weighted by Crippen LogP contribution is 2.47. The second-order valence-corrected chi connectivity index (χ2v) is 6.45. The number of terminal acetylenes is 1. The SMILES string of the molecule is C#CC1=CC=C2SC(C)(C)CC(=O)C2C1. The molecule has 0 aromatic heterocycles. The number of thioether (sulfide) groups is 1. The molecule has 0 radical (unpaired) electrons. The molecule has 1 aliphatic carbocycles. The Labute approximate surface area is 95.0 Å². The van der Waals surface area contributed by atoms with Crippen molar-refractivity contribution in [2.24, 2.45) is 5.92 Å². The average Bonchev–Trinajstić information content (AvgIpc) is 2.15. The van der Waals surface area contributed by atoms with Crippen LogP contribution in [0.25, 0.3) is 0 Å². The van der Waals surface area contributed by atoms with Crippen LogP contribution in [-0.4, -0.2) is 10.5 Å². The minimum absolute atomic E-state index is 0.0408. The molecule has 2 heteroatoms. The third-order valence-corrected chi connectivity index (χ3v) is 4.14. The summed E-state index contributed by atoms with van der Waals surface area (Å²) in [5.74, 6) is 3.01. The van der Waals surface area contributed by atoms with Crippen LogP contribution in [0.15, 0.2) is 22.6 Å². The van der Waals surface area contributed by atoms with Crippen LogP contribution in [-0.2, 0) is 4.79 Å². The van der Waals surface area contributed by atoms with E-state index in [-0.39, 0.29) is 10.7 Å². The second-order valence-electron chi connectivity index (χ2n) is 4.67. The van der Waals surface area contributed by atoms with Crippen molar-refractivity contribution >= 4 is 17.5 Å². The van der Waals surface area contributed by atoms with Crippen molar-refractivity contribution in [3.63, 3.8) is 0 Å². The first kappa shape index (κ1) is 10.6. The van der Waals surface area contributed by atoms with Gasteiger partial charge < -0.3 is 0 Å². The fourth-order valence-corrected chi connectivity index (χ4v) is 3.42. The lowest BCUT2D eigenvalue weighted by atomic mass is 9.86. The molecular formula is C13H14OS. The summed E-state index contributed by atoms with van der Waals surface area (Å²) >= 11 is 1.82. The molecule has 2 aliphatic rings. The van der Waals surface area contributed by atoms with E-state index in [2.05, 4.69) is 19.8 Å². The first-order chi connectivity index (χ1) is 7.02. The van der Waals surface area contributed by atoms with Gasteiger partial charge in [-0.3, -0.25) is 4.79 Å². The Kier molecular flexibility index (Phi) is 2.52. The van der Waals surface area contributed by atoms with Crippen molar-refractivity contribution in [2.45, 2.75) is 31.4 Å². The number of fused-ring (bicyclic) bond motifs is 1. The van der Waals surface area contributed by atoms with Crippen LogP contribution in [0.4, 0.5) is 0 Å². The lowest BCUT2D eigenvalue weighted by molar-refractivity contribution is -0.122. The van der Waals surface area contributed by atoms with Gasteiger partial charge in [0, 0.05) is 16.7 Å². The summed E-state index contributed by atoms with van der Waals surface area (Å²) in [5, 5.41) is 0. The van der Waals surface area contributed by atoms with E-state index >= 15 is 0 Å². The summed E-state index contributed by atoms with van der Waals surface area (Å²) in [5.41, 5.74) is 0.942. The van der Waals surface area contributed by atoms with E-state index in [1.807, 2.05) is 23.9 Å². The fraction of sp³-hybridized carbons (Fsp3) is 0.462. The average molecular weight is 218 g/mol. The molecule has 1 unspecified atom stereocenters. The van der Waals surface area contributed by atoms with Gasteiger partial charge >= 0.3 is 0 Å². The number of rotatable bonds is 0. The van der Waals surface area contributed by atoms with Crippen LogP contribution in [0.2, 0.25) is 0 Å². The van der Waals surface area contributed by atoms with Gasteiger partial charge in [-0.2, -0.15) is 0 Å². The van der Waals surface area contributed by atoms with Crippen molar-refractivity contribution in [1.82, 2.24) is 0 Å². The van der Waals surface area contributed by atoms with Crippen LogP contribution >= 0.6 is 11.8 Å². The molecule has 0 aromatic rings. The van der Waals surface area contributed by atoms with Crippen molar-refractivity contribution in [2.75, 3.05) is 0 Å². The zero-order valence-electron chi connectivity index (χ0n) is 9.04. The van der Waals surface area contributed by atoms with Crippen molar-refractivity contribution in [1.29, 1.82) is 0 Å². The van der Waals surface area contributed by atoms with E-state index in [0.29, 0.717) is 12.2 Å². The topological polar surface area (TPSA) is 17.1 Å². The number of carbonyl (C=O) groups excluding carboxylic acids is 1. The van der Waals surface area contributed by atoms with Crippen LogP contribution < -0.4 is 0 Å². The number of hydrogen-bond donors (Lipinski definition) is 0. The lowest BCUT2D eigenvalue weighted by Crippen LogP contribution is -2.33. The Morgan fingerprint density at radius 1 is 1.53 bits per heavy atom. The van der Waals surface area contributed by atoms with Gasteiger partial charge in [0.25, 0.3) is 0 Å². The summed E-state index contributed by atoms with van der Waals surface area (Å²) in [7, 11) is 0. The van der Waals surface area contributed by atoms with Crippen LogP contribution in [0, 0.1) is 18.3 Å². The molecule has 1 atom stereocenters. The fourth-order valence-electron chi connectivity index (χ4n) is 2.07. The third kappa shape index (κ3) is 2.03. The zero-order valence-corrected chi connectivity index (χ0v) is 9.86. The Bertz CT molecular complexity index is 407. The molecular weight excluding hydrogens is 204 g/mol. The predicted octanol–water partition coefficient (Wildman–Crippen LogP) is 2.93. The maximum Gasteiger partial charge on any atom is 0.142 e. The van der Waals surface area contributed by atoms with Crippen LogP contribution in [0.1, 0.15) is 26.7 Å². The van der Waals surface area contributed by atoms with E-state index in [1.54, 1.807) is 0 Å². The molecule has 0 saturated carbocycles. The third-order valence-electron chi connectivity index (χ3n) is 2.78. The van der Waals surface area contributed by atoms with E-state index in [0.717, 1.165) is 12.0 Å². The molecule has 1 aliphatic heterocycles. The highest BCUT2D eigenvalue weighted by molar-refractivity contribution is 8.04. The highest BCUT2D eigenvalue weighted by atomic mass is 32.2. The number of hydrogen-bond acceptors (Lipinski definition) is 2. The summed E-state index contributed by atoms with van der Waals surface area (Å²) < 4.78 is 0.0426. The summed E-state index contributed by atoms with van der Waals surface area (Å²) in [6.45, 7) is 4.24. The molecule has 1 nitrogen and oxygen atoms in total. The summed E-state index contributed by atoms with van der Waals surface area (Å²) in [4.78, 5) is 13.1. The van der Waals surface area contributed by atoms with Crippen LogP contribution in [0.3, 0.4) is 0 Å². The molecule has 2 rings (SSSR count). The quantitative estimate of drug-likeness (QED) is 0.581. The van der Waals surface area contributed by atoms with Crippen molar-refractivity contribution in [3.05, 3.63) is 22.6 Å². The Morgan fingerprint density at radius 3 is 2.93 bits per heavy atom. The molecule has 0 aromatic carbocycles. The summed E-state index contributed by atoms with van der Waals surface area (Å²) in [6.07, 6.45) is 10.7. The first-order valence-corrected chi connectivity index (χ1v) is 5.92. The van der Waals surface area contributed by atoms with E-state index < -0.39 is 0 Å². The van der Waals surface area contributed by atoms with Gasteiger partial charge in [0.05, 0.1) is 5.92 Å². The minimum atomic E-state index is 0.0408. The second kappa shape index (κ2) is 3.57. The van der Waals surface area contributed by atoms with E-state index in [4.69, 9.17) is 6.42 Å². The molecule has 0 bridgehead atoms. The Morgan fingerprint density at radius 2 is 2.27 bits per heavy atom. The van der Waals surface area contributed by atoms with E-state index in [1.165, 1.54) is 4.91 Å². The number of carbonyl (C=O) groups is 1. The normalized spacial score (nSPS) is 28.6. The number of Topliss-reactive ketones (excluding diaryl/α,β-unsaturated/α-hetero) is 1. The van der Waals surface area contributed by atoms with Crippen LogP contribution in [0.5, 0.6) is 0 Å². The Balaban J connectivity index is 2.31. The minimum Gasteiger partial charge on any atom is -0.299 e. The monoisotopic (exact) mass is 218 g/mol. The van der Waals surface area contributed by atoms with Gasteiger partial charge in [-0.05, 0) is 31.2 Å².